The van der Waals surface area contributed by atoms with Crippen LogP contribution in [0.25, 0.3) is 10.9 Å². The van der Waals surface area contributed by atoms with Crippen molar-refractivity contribution in [3.63, 3.8) is 0 Å². The van der Waals surface area contributed by atoms with Crippen molar-refractivity contribution in [3.8, 4) is 5.88 Å². The summed E-state index contributed by atoms with van der Waals surface area (Å²) in [6.45, 7) is 0.820. The fourth-order valence-corrected chi connectivity index (χ4v) is 7.42. The zero-order valence-electron chi connectivity index (χ0n) is 21.4. The molecule has 1 amide bonds. The van der Waals surface area contributed by atoms with Crippen molar-refractivity contribution in [2.24, 2.45) is 5.92 Å². The van der Waals surface area contributed by atoms with Crippen LogP contribution in [0.3, 0.4) is 0 Å². The zero-order valence-corrected chi connectivity index (χ0v) is 22.9. The van der Waals surface area contributed by atoms with E-state index in [0.29, 0.717) is 40.6 Å². The van der Waals surface area contributed by atoms with Crippen molar-refractivity contribution < 1.29 is 23.8 Å². The summed E-state index contributed by atoms with van der Waals surface area (Å²) < 4.78 is 24.1. The number of pyridine rings is 1. The van der Waals surface area contributed by atoms with E-state index in [1.165, 1.54) is 18.2 Å². The van der Waals surface area contributed by atoms with Crippen LogP contribution in [0.5, 0.6) is 5.88 Å². The Balaban J connectivity index is 1.43. The number of nitrogens with one attached hydrogen (secondary N) is 1. The molecule has 1 saturated carbocycles. The van der Waals surface area contributed by atoms with Crippen LogP contribution in [0.1, 0.15) is 46.3 Å². The number of likely N-dealkylation sites (tertiary alicyclic amines) is 1. The smallest absolute Gasteiger partial charge is 0.335 e. The Kier molecular flexibility index (Phi) is 5.27. The first-order valence-corrected chi connectivity index (χ1v) is 14.1. The highest BCUT2D eigenvalue weighted by atomic mass is 35.5. The maximum absolute atomic E-state index is 16.1. The third-order valence-corrected chi connectivity index (χ3v) is 9.43. The normalized spacial score (nSPS) is 26.5. The SMILES string of the molecule is O=C(O)c1ccc2c3n(nc2c1)[C@@H]1[C@H](CO3)N(CC2CC2)[C@@]2(C(=O)Nc3nc(Cl)ccc32)[C@H]1c1cccc(Cl)c1F. The number of amides is 1. The van der Waals surface area contributed by atoms with Crippen LogP contribution in [0.15, 0.2) is 48.5 Å². The van der Waals surface area contributed by atoms with Gasteiger partial charge in [-0.2, -0.15) is 5.10 Å². The monoisotopic (exact) mass is 593 g/mol. The molecule has 4 atom stereocenters. The minimum atomic E-state index is -1.36. The molecule has 41 heavy (non-hydrogen) atoms. The van der Waals surface area contributed by atoms with E-state index in [9.17, 15) is 14.7 Å². The lowest BCUT2D eigenvalue weighted by molar-refractivity contribution is -0.128. The van der Waals surface area contributed by atoms with Crippen molar-refractivity contribution in [3.05, 3.63) is 81.2 Å². The number of carbonyl (C=O) groups excluding carboxylic acids is 1. The van der Waals surface area contributed by atoms with Gasteiger partial charge < -0.3 is 15.2 Å². The first kappa shape index (κ1) is 25.0. The Hall–Kier alpha value is -3.73. The topological polar surface area (TPSA) is 110 Å². The van der Waals surface area contributed by atoms with Crippen LogP contribution >= 0.6 is 23.2 Å². The van der Waals surface area contributed by atoms with Crippen LogP contribution in [-0.4, -0.2) is 55.8 Å². The Morgan fingerprint density at radius 1 is 1.20 bits per heavy atom. The number of aromatic nitrogens is 3. The van der Waals surface area contributed by atoms with Gasteiger partial charge in [0.2, 0.25) is 5.88 Å². The number of hydrogen-bond donors (Lipinski definition) is 2. The Morgan fingerprint density at radius 3 is 2.80 bits per heavy atom. The molecule has 1 aliphatic carbocycles. The Labute approximate surface area is 242 Å². The molecular formula is C29H22Cl2FN5O4. The average molecular weight is 594 g/mol. The molecule has 2 aromatic carbocycles. The van der Waals surface area contributed by atoms with Gasteiger partial charge in [0.15, 0.2) is 0 Å². The van der Waals surface area contributed by atoms with Crippen LogP contribution in [0.4, 0.5) is 10.2 Å². The largest absolute Gasteiger partial charge is 0.478 e. The van der Waals surface area contributed by atoms with Crippen LogP contribution in [-0.2, 0) is 10.3 Å². The first-order valence-electron chi connectivity index (χ1n) is 13.4. The predicted octanol–water partition coefficient (Wildman–Crippen LogP) is 5.23. The van der Waals surface area contributed by atoms with Gasteiger partial charge in [-0.25, -0.2) is 18.9 Å². The first-order chi connectivity index (χ1) is 19.8. The Morgan fingerprint density at radius 2 is 2.02 bits per heavy atom. The number of anilines is 1. The third-order valence-electron chi connectivity index (χ3n) is 8.93. The van der Waals surface area contributed by atoms with E-state index in [1.807, 2.05) is 0 Å². The number of rotatable bonds is 4. The van der Waals surface area contributed by atoms with Crippen LogP contribution in [0.2, 0.25) is 10.2 Å². The number of benzene rings is 2. The van der Waals surface area contributed by atoms with Gasteiger partial charge in [-0.3, -0.25) is 9.69 Å². The molecule has 1 saturated heterocycles. The maximum atomic E-state index is 16.1. The number of carbonyl (C=O) groups is 2. The number of ether oxygens (including phenoxy) is 1. The molecule has 2 N–H and O–H groups in total. The molecule has 0 unspecified atom stereocenters. The highest BCUT2D eigenvalue weighted by Crippen LogP contribution is 2.63. The van der Waals surface area contributed by atoms with Gasteiger partial charge in [0.25, 0.3) is 5.91 Å². The second-order valence-corrected chi connectivity index (χ2v) is 11.9. The highest BCUT2D eigenvalue weighted by molar-refractivity contribution is 6.31. The number of fused-ring (bicyclic) bond motifs is 7. The summed E-state index contributed by atoms with van der Waals surface area (Å²) in [5, 5.41) is 18.1. The number of carboxylic acid groups (broad SMARTS) is 1. The molecule has 4 aromatic rings. The summed E-state index contributed by atoms with van der Waals surface area (Å²) in [6.07, 6.45) is 2.06. The van der Waals surface area contributed by atoms with Crippen molar-refractivity contribution in [1.82, 2.24) is 19.7 Å². The van der Waals surface area contributed by atoms with E-state index in [1.54, 1.807) is 35.0 Å². The summed E-state index contributed by atoms with van der Waals surface area (Å²) in [7, 11) is 0. The molecule has 5 heterocycles. The molecule has 1 spiro atoms. The second kappa shape index (κ2) is 8.64. The molecule has 0 radical (unpaired) electrons. The molecule has 8 rings (SSSR count). The summed E-state index contributed by atoms with van der Waals surface area (Å²) >= 11 is 12.6. The molecule has 12 heteroatoms. The molecule has 208 valence electrons. The quantitative estimate of drug-likeness (QED) is 0.312. The lowest BCUT2D eigenvalue weighted by atomic mass is 9.73. The summed E-state index contributed by atoms with van der Waals surface area (Å²) in [5.74, 6) is -1.63. The van der Waals surface area contributed by atoms with Crippen molar-refractivity contribution >= 4 is 51.8 Å². The van der Waals surface area contributed by atoms with Gasteiger partial charge in [0.1, 0.15) is 28.9 Å². The van der Waals surface area contributed by atoms with Gasteiger partial charge in [-0.15, -0.1) is 0 Å². The summed E-state index contributed by atoms with van der Waals surface area (Å²) in [4.78, 5) is 32.6. The third kappa shape index (κ3) is 3.38. The van der Waals surface area contributed by atoms with Gasteiger partial charge in [-0.1, -0.05) is 35.3 Å². The van der Waals surface area contributed by atoms with Gasteiger partial charge in [0, 0.05) is 18.0 Å². The fraction of sp³-hybridized carbons (Fsp3) is 0.310. The van der Waals surface area contributed by atoms with Gasteiger partial charge in [0.05, 0.1) is 33.6 Å². The second-order valence-electron chi connectivity index (χ2n) is 11.1. The van der Waals surface area contributed by atoms with Crippen molar-refractivity contribution in [1.29, 1.82) is 0 Å². The number of aromatic carboxylic acids is 1. The van der Waals surface area contributed by atoms with Gasteiger partial charge in [-0.05, 0) is 60.7 Å². The van der Waals surface area contributed by atoms with Crippen molar-refractivity contribution in [2.75, 3.05) is 18.5 Å². The zero-order chi connectivity index (χ0) is 28.2. The highest BCUT2D eigenvalue weighted by Gasteiger charge is 2.69. The summed E-state index contributed by atoms with van der Waals surface area (Å²) in [6, 6.07) is 12.0. The van der Waals surface area contributed by atoms with Crippen LogP contribution in [0, 0.1) is 11.7 Å². The number of nitrogens with zero attached hydrogens (tertiary/aromatic N) is 4. The maximum Gasteiger partial charge on any atom is 0.335 e. The predicted molar refractivity (Wildman–Crippen MR) is 148 cm³/mol. The molecule has 3 aliphatic heterocycles. The van der Waals surface area contributed by atoms with E-state index >= 15 is 4.39 Å². The molecule has 2 aromatic heterocycles. The number of halogens is 3. The molecule has 2 fully saturated rings. The molecule has 0 bridgehead atoms. The Bertz CT molecular complexity index is 1810. The molecular weight excluding hydrogens is 572 g/mol. The average Bonchev–Trinajstić information content (AvgIpc) is 3.53. The lowest BCUT2D eigenvalue weighted by Crippen LogP contribution is -2.54. The van der Waals surface area contributed by atoms with E-state index < -0.39 is 29.3 Å². The fourth-order valence-electron chi connectivity index (χ4n) is 7.09. The van der Waals surface area contributed by atoms with E-state index in [-0.39, 0.29) is 39.9 Å². The minimum Gasteiger partial charge on any atom is -0.478 e. The number of carboxylic acids is 1. The van der Waals surface area contributed by atoms with Crippen molar-refractivity contribution in [2.45, 2.75) is 36.4 Å². The van der Waals surface area contributed by atoms with E-state index in [2.05, 4.69) is 15.2 Å². The lowest BCUT2D eigenvalue weighted by Gasteiger charge is -2.39. The number of hydrogen-bond acceptors (Lipinski definition) is 6. The van der Waals surface area contributed by atoms with E-state index in [4.69, 9.17) is 33.0 Å². The summed E-state index contributed by atoms with van der Waals surface area (Å²) in [5.41, 5.74) is 0.0590. The van der Waals surface area contributed by atoms with Crippen LogP contribution < -0.4 is 10.1 Å². The standard InChI is InChI=1S/C29H22Cl2FN5O4/c30-18-3-1-2-16(23(18)32)22-24-20(12-41-26-15-7-6-14(27(38)39)10-19(15)35-37(24)26)36(11-13-4-5-13)29(22)17-8-9-21(31)33-25(17)34-28(29)40/h1-3,6-10,13,20,22,24H,4-5,11-12H2,(H,38,39)(H,33,34,40)/t20-,22-,24+,29+/m0/s1. The van der Waals surface area contributed by atoms with E-state index in [0.717, 1.165) is 12.8 Å². The molecule has 9 nitrogen and oxygen atoms in total. The molecule has 4 aliphatic rings. The minimum absolute atomic E-state index is 0.0493. The van der Waals surface area contributed by atoms with Gasteiger partial charge >= 0.3 is 5.97 Å².